The summed E-state index contributed by atoms with van der Waals surface area (Å²) in [4.78, 5) is 0. The van der Waals surface area contributed by atoms with E-state index in [2.05, 4.69) is 46.5 Å². The van der Waals surface area contributed by atoms with Gasteiger partial charge >= 0.3 is 7.60 Å². The van der Waals surface area contributed by atoms with Crippen LogP contribution in [0.2, 0.25) is 19.6 Å². The zero-order valence-corrected chi connectivity index (χ0v) is 18.3. The first-order valence-corrected chi connectivity index (χ1v) is 13.5. The zero-order chi connectivity index (χ0) is 18.6. The standard InChI is InChI=1S/C18H31O4PSi/c1-10-20-23(19)18(6,22-24(7,8)9)15-12-13(2)11-14(16(15)21-23)17(3,4)5/h11-12H,10H2,1-9H3. The molecule has 0 N–H and O–H groups in total. The summed E-state index contributed by atoms with van der Waals surface area (Å²) in [5, 5.41) is -1.06. The first-order valence-electron chi connectivity index (χ1n) is 8.53. The molecule has 0 saturated carbocycles. The van der Waals surface area contributed by atoms with Crippen LogP contribution in [0.4, 0.5) is 0 Å². The maximum atomic E-state index is 13.6. The number of fused-ring (bicyclic) bond motifs is 1. The second-order valence-electron chi connectivity index (χ2n) is 8.64. The molecule has 0 aromatic heterocycles. The van der Waals surface area contributed by atoms with Gasteiger partial charge in [0.05, 0.1) is 6.61 Å². The van der Waals surface area contributed by atoms with E-state index >= 15 is 0 Å². The van der Waals surface area contributed by atoms with Gasteiger partial charge in [-0.25, -0.2) is 4.57 Å². The Balaban J connectivity index is 2.76. The molecule has 1 heterocycles. The molecule has 1 aliphatic heterocycles. The van der Waals surface area contributed by atoms with Gasteiger partial charge in [-0.3, -0.25) is 4.52 Å². The lowest BCUT2D eigenvalue weighted by atomic mass is 9.83. The third-order valence-corrected chi connectivity index (χ3v) is 7.67. The molecule has 1 aromatic carbocycles. The van der Waals surface area contributed by atoms with Crippen LogP contribution in [0.15, 0.2) is 12.1 Å². The van der Waals surface area contributed by atoms with E-state index in [4.69, 9.17) is 13.5 Å². The summed E-state index contributed by atoms with van der Waals surface area (Å²) in [6.45, 7) is 18.7. The molecule has 0 spiro atoms. The van der Waals surface area contributed by atoms with Gasteiger partial charge in [-0.2, -0.15) is 0 Å². The van der Waals surface area contributed by atoms with Gasteiger partial charge in [-0.05, 0) is 51.9 Å². The Labute approximate surface area is 147 Å². The highest BCUT2D eigenvalue weighted by molar-refractivity contribution is 7.55. The third-order valence-electron chi connectivity index (χ3n) is 4.08. The lowest BCUT2D eigenvalue weighted by Gasteiger charge is -2.35. The summed E-state index contributed by atoms with van der Waals surface area (Å²) in [6.07, 6.45) is 0. The van der Waals surface area contributed by atoms with Crippen LogP contribution >= 0.6 is 7.60 Å². The number of aryl methyl sites for hydroxylation is 1. The van der Waals surface area contributed by atoms with E-state index in [1.54, 1.807) is 0 Å². The molecule has 136 valence electrons. The Morgan fingerprint density at radius 2 is 1.83 bits per heavy atom. The summed E-state index contributed by atoms with van der Waals surface area (Å²) in [6, 6.07) is 4.14. The summed E-state index contributed by atoms with van der Waals surface area (Å²) in [5.74, 6) is 0.672. The maximum absolute atomic E-state index is 13.6. The highest BCUT2D eigenvalue weighted by atomic mass is 31.2. The van der Waals surface area contributed by atoms with Crippen LogP contribution in [0.1, 0.15) is 51.3 Å². The fraction of sp³-hybridized carbons (Fsp3) is 0.667. The topological polar surface area (TPSA) is 44.8 Å². The van der Waals surface area contributed by atoms with E-state index < -0.39 is 21.3 Å². The Bertz CT molecular complexity index is 687. The average Bonchev–Trinajstić information content (AvgIpc) is 2.55. The predicted molar refractivity (Wildman–Crippen MR) is 102 cm³/mol. The molecule has 0 saturated heterocycles. The lowest BCUT2D eigenvalue weighted by Crippen LogP contribution is -2.37. The second kappa shape index (κ2) is 5.98. The molecule has 1 aromatic rings. The van der Waals surface area contributed by atoms with Crippen LogP contribution < -0.4 is 4.52 Å². The molecular formula is C18H31O4PSi. The zero-order valence-electron chi connectivity index (χ0n) is 16.4. The van der Waals surface area contributed by atoms with Crippen molar-refractivity contribution in [1.29, 1.82) is 0 Å². The molecule has 0 aliphatic carbocycles. The fourth-order valence-corrected chi connectivity index (χ4v) is 7.44. The highest BCUT2D eigenvalue weighted by Gasteiger charge is 2.60. The van der Waals surface area contributed by atoms with Gasteiger partial charge in [0.25, 0.3) is 0 Å². The van der Waals surface area contributed by atoms with Crippen molar-refractivity contribution in [2.24, 2.45) is 0 Å². The molecule has 2 unspecified atom stereocenters. The van der Waals surface area contributed by atoms with Crippen LogP contribution in [0.3, 0.4) is 0 Å². The van der Waals surface area contributed by atoms with Gasteiger partial charge in [0.15, 0.2) is 13.7 Å². The van der Waals surface area contributed by atoms with E-state index in [0.29, 0.717) is 12.4 Å². The van der Waals surface area contributed by atoms with Crippen molar-refractivity contribution in [2.45, 2.75) is 71.9 Å². The van der Waals surface area contributed by atoms with Gasteiger partial charge < -0.3 is 8.95 Å². The normalized spacial score (nSPS) is 27.0. The van der Waals surface area contributed by atoms with Gasteiger partial charge in [-0.1, -0.05) is 32.4 Å². The number of hydrogen-bond donors (Lipinski definition) is 0. The molecule has 0 amide bonds. The molecule has 2 atom stereocenters. The first kappa shape index (κ1) is 19.7. The quantitative estimate of drug-likeness (QED) is 0.486. The van der Waals surface area contributed by atoms with Crippen LogP contribution in [0, 0.1) is 6.92 Å². The van der Waals surface area contributed by atoms with Gasteiger partial charge in [0.2, 0.25) is 0 Å². The summed E-state index contributed by atoms with van der Waals surface area (Å²) < 4.78 is 31.8. The SMILES string of the molecule is CCOP1(=O)Oc2c(C(C)(C)C)cc(C)cc2C1(C)O[Si](C)(C)C. The van der Waals surface area contributed by atoms with Crippen molar-refractivity contribution < 1.29 is 18.0 Å². The van der Waals surface area contributed by atoms with Crippen LogP contribution in [-0.2, 0) is 24.3 Å². The summed E-state index contributed by atoms with van der Waals surface area (Å²) in [5.41, 5.74) is 2.88. The van der Waals surface area contributed by atoms with E-state index in [-0.39, 0.29) is 5.41 Å². The Hall–Kier alpha value is -0.613. The van der Waals surface area contributed by atoms with Crippen LogP contribution in [0.5, 0.6) is 5.75 Å². The third kappa shape index (κ3) is 3.37. The van der Waals surface area contributed by atoms with Gasteiger partial charge in [0.1, 0.15) is 5.75 Å². The van der Waals surface area contributed by atoms with Crippen LogP contribution in [-0.4, -0.2) is 14.9 Å². The van der Waals surface area contributed by atoms with Crippen molar-refractivity contribution >= 4 is 15.9 Å². The van der Waals surface area contributed by atoms with E-state index in [1.807, 2.05) is 26.8 Å². The molecule has 4 nitrogen and oxygen atoms in total. The second-order valence-corrected chi connectivity index (χ2v) is 15.4. The highest BCUT2D eigenvalue weighted by Crippen LogP contribution is 2.73. The molecular weight excluding hydrogens is 339 g/mol. The minimum atomic E-state index is -3.47. The average molecular weight is 371 g/mol. The minimum Gasteiger partial charge on any atom is -0.422 e. The number of rotatable bonds is 4. The van der Waals surface area contributed by atoms with Crippen molar-refractivity contribution in [3.8, 4) is 5.75 Å². The van der Waals surface area contributed by atoms with E-state index in [9.17, 15) is 4.57 Å². The summed E-state index contributed by atoms with van der Waals surface area (Å²) in [7, 11) is -5.47. The predicted octanol–water partition coefficient (Wildman–Crippen LogP) is 5.94. The minimum absolute atomic E-state index is 0.127. The first-order chi connectivity index (χ1) is 10.7. The van der Waals surface area contributed by atoms with Gasteiger partial charge in [0, 0.05) is 11.1 Å². The molecule has 0 radical (unpaired) electrons. The Morgan fingerprint density at radius 1 is 1.25 bits per heavy atom. The Morgan fingerprint density at radius 3 is 2.29 bits per heavy atom. The largest absolute Gasteiger partial charge is 0.422 e. The van der Waals surface area contributed by atoms with Gasteiger partial charge in [-0.15, -0.1) is 0 Å². The van der Waals surface area contributed by atoms with Crippen molar-refractivity contribution in [3.05, 3.63) is 28.8 Å². The molecule has 24 heavy (non-hydrogen) atoms. The van der Waals surface area contributed by atoms with Crippen molar-refractivity contribution in [1.82, 2.24) is 0 Å². The van der Waals surface area contributed by atoms with Crippen molar-refractivity contribution in [2.75, 3.05) is 6.61 Å². The fourth-order valence-electron chi connectivity index (χ4n) is 3.15. The maximum Gasteiger partial charge on any atom is 0.414 e. The van der Waals surface area contributed by atoms with E-state index in [1.165, 1.54) is 0 Å². The molecule has 0 bridgehead atoms. The van der Waals surface area contributed by atoms with Crippen LogP contribution in [0.25, 0.3) is 0 Å². The molecule has 6 heteroatoms. The number of benzene rings is 1. The molecule has 1 aliphatic rings. The lowest BCUT2D eigenvalue weighted by molar-refractivity contribution is 0.130. The molecule has 0 fully saturated rings. The Kier molecular flexibility index (Phi) is 4.91. The molecule has 2 rings (SSSR count). The monoisotopic (exact) mass is 370 g/mol. The summed E-state index contributed by atoms with van der Waals surface area (Å²) >= 11 is 0. The van der Waals surface area contributed by atoms with E-state index in [0.717, 1.165) is 16.7 Å². The number of hydrogen-bond acceptors (Lipinski definition) is 4. The van der Waals surface area contributed by atoms with Crippen molar-refractivity contribution in [3.63, 3.8) is 0 Å². The smallest absolute Gasteiger partial charge is 0.414 e.